The van der Waals surface area contributed by atoms with Crippen LogP contribution in [0.15, 0.2) is 32.7 Å². The minimum absolute atomic E-state index is 0.0664. The van der Waals surface area contributed by atoms with E-state index in [4.69, 9.17) is 32.5 Å². The molecule has 0 aliphatic heterocycles. The number of hydrogen-bond acceptors (Lipinski definition) is 6. The number of sulfone groups is 1. The van der Waals surface area contributed by atoms with Crippen molar-refractivity contribution in [2.24, 2.45) is 0 Å². The van der Waals surface area contributed by atoms with Crippen LogP contribution in [0.2, 0.25) is 10.0 Å². The van der Waals surface area contributed by atoms with Crippen LogP contribution in [0.1, 0.15) is 23.0 Å². The van der Waals surface area contributed by atoms with Crippen molar-refractivity contribution in [1.82, 2.24) is 5.16 Å². The molecule has 0 fully saturated rings. The second-order valence-corrected chi connectivity index (χ2v) is 6.89. The molecule has 2 aromatic rings. The molecule has 1 aromatic heterocycles. The van der Waals surface area contributed by atoms with Crippen molar-refractivity contribution in [3.8, 4) is 0 Å². The average molecular weight is 364 g/mol. The molecule has 1 aromatic carbocycles. The largest absolute Gasteiger partial charge is 0.462 e. The fraction of sp³-hybridized carbons (Fsp3) is 0.231. The van der Waals surface area contributed by atoms with E-state index in [1.807, 2.05) is 0 Å². The molecule has 2 rings (SSSR count). The zero-order chi connectivity index (χ0) is 16.5. The number of carbonyl (C=O) groups is 1. The molecule has 0 saturated carbocycles. The van der Waals surface area contributed by atoms with Crippen LogP contribution in [-0.2, 0) is 14.6 Å². The number of hydrogen-bond donors (Lipinski definition) is 0. The van der Waals surface area contributed by atoms with E-state index in [1.54, 1.807) is 6.92 Å². The van der Waals surface area contributed by atoms with Crippen LogP contribution in [0.5, 0.6) is 0 Å². The van der Waals surface area contributed by atoms with Gasteiger partial charge < -0.3 is 9.26 Å². The predicted molar refractivity (Wildman–Crippen MR) is 79.1 cm³/mol. The van der Waals surface area contributed by atoms with Crippen LogP contribution in [0.3, 0.4) is 0 Å². The number of aryl methyl sites for hydroxylation is 1. The molecule has 1 heterocycles. The van der Waals surface area contributed by atoms with Crippen molar-refractivity contribution in [3.63, 3.8) is 0 Å². The lowest BCUT2D eigenvalue weighted by atomic mass is 10.3. The van der Waals surface area contributed by atoms with E-state index >= 15 is 0 Å². The van der Waals surface area contributed by atoms with Crippen molar-refractivity contribution in [3.05, 3.63) is 39.5 Å². The molecule has 0 bridgehead atoms. The number of rotatable bonds is 4. The summed E-state index contributed by atoms with van der Waals surface area (Å²) in [6, 6.07) is 3.77. The summed E-state index contributed by atoms with van der Waals surface area (Å²) in [5, 5.41) is 3.23. The molecular weight excluding hydrogens is 353 g/mol. The Balaban J connectivity index is 2.59. The molecule has 118 valence electrons. The van der Waals surface area contributed by atoms with Gasteiger partial charge in [-0.1, -0.05) is 28.4 Å². The van der Waals surface area contributed by atoms with Gasteiger partial charge in [0, 0.05) is 0 Å². The van der Waals surface area contributed by atoms with Gasteiger partial charge in [-0.2, -0.15) is 0 Å². The van der Waals surface area contributed by atoms with Gasteiger partial charge in [-0.3, -0.25) is 0 Å². The lowest BCUT2D eigenvalue weighted by Crippen LogP contribution is -2.11. The Kier molecular flexibility index (Phi) is 4.79. The minimum Gasteiger partial charge on any atom is -0.462 e. The summed E-state index contributed by atoms with van der Waals surface area (Å²) in [6.45, 7) is 3.15. The third-order valence-corrected chi connectivity index (χ3v) is 5.14. The van der Waals surface area contributed by atoms with E-state index in [-0.39, 0.29) is 32.8 Å². The Labute approximate surface area is 136 Å². The first kappa shape index (κ1) is 16.8. The van der Waals surface area contributed by atoms with Crippen LogP contribution in [0.25, 0.3) is 0 Å². The fourth-order valence-corrected chi connectivity index (χ4v) is 3.45. The number of benzene rings is 1. The van der Waals surface area contributed by atoms with Gasteiger partial charge in [-0.25, -0.2) is 13.2 Å². The summed E-state index contributed by atoms with van der Waals surface area (Å²) in [6.07, 6.45) is 0. The average Bonchev–Trinajstić information content (AvgIpc) is 2.84. The molecule has 0 aliphatic carbocycles. The molecule has 0 aliphatic rings. The summed E-state index contributed by atoms with van der Waals surface area (Å²) in [5.41, 5.74) is -0.106. The smallest absolute Gasteiger partial charge is 0.344 e. The van der Waals surface area contributed by atoms with E-state index in [0.29, 0.717) is 0 Å². The second kappa shape index (κ2) is 6.28. The van der Waals surface area contributed by atoms with Crippen molar-refractivity contribution in [2.45, 2.75) is 23.8 Å². The first-order valence-electron chi connectivity index (χ1n) is 6.12. The summed E-state index contributed by atoms with van der Waals surface area (Å²) < 4.78 is 34.9. The molecule has 0 saturated heterocycles. The van der Waals surface area contributed by atoms with Crippen LogP contribution in [0.4, 0.5) is 0 Å². The van der Waals surface area contributed by atoms with Gasteiger partial charge in [0.1, 0.15) is 5.56 Å². The van der Waals surface area contributed by atoms with Crippen molar-refractivity contribution in [1.29, 1.82) is 0 Å². The molecule has 0 N–H and O–H groups in total. The van der Waals surface area contributed by atoms with E-state index in [9.17, 15) is 13.2 Å². The van der Waals surface area contributed by atoms with Crippen LogP contribution < -0.4 is 0 Å². The van der Waals surface area contributed by atoms with E-state index in [0.717, 1.165) is 0 Å². The molecule has 0 atom stereocenters. The Morgan fingerprint density at radius 1 is 1.32 bits per heavy atom. The van der Waals surface area contributed by atoms with Gasteiger partial charge in [0.2, 0.25) is 9.84 Å². The number of aromatic nitrogens is 1. The highest BCUT2D eigenvalue weighted by Gasteiger charge is 2.33. The number of halogens is 2. The van der Waals surface area contributed by atoms with E-state index in [2.05, 4.69) is 5.16 Å². The zero-order valence-corrected chi connectivity index (χ0v) is 13.9. The highest BCUT2D eigenvalue weighted by atomic mass is 35.5. The first-order valence-corrected chi connectivity index (χ1v) is 8.36. The topological polar surface area (TPSA) is 86.5 Å². The van der Waals surface area contributed by atoms with Crippen molar-refractivity contribution < 1.29 is 22.5 Å². The lowest BCUT2D eigenvalue weighted by molar-refractivity contribution is 0.0518. The summed E-state index contributed by atoms with van der Waals surface area (Å²) in [5.74, 6) is -0.820. The third-order valence-electron chi connectivity index (χ3n) is 2.76. The molecule has 9 heteroatoms. The predicted octanol–water partition coefficient (Wildman–Crippen LogP) is 3.30. The van der Waals surface area contributed by atoms with E-state index < -0.39 is 20.9 Å². The molecule has 22 heavy (non-hydrogen) atoms. The molecule has 0 radical (unpaired) electrons. The summed E-state index contributed by atoms with van der Waals surface area (Å²) in [4.78, 5) is 11.7. The van der Waals surface area contributed by atoms with Gasteiger partial charge in [0.05, 0.1) is 27.2 Å². The van der Waals surface area contributed by atoms with Crippen LogP contribution >= 0.6 is 23.2 Å². The maximum absolute atomic E-state index is 12.6. The maximum atomic E-state index is 12.6. The van der Waals surface area contributed by atoms with Gasteiger partial charge in [-0.05, 0) is 32.0 Å². The third kappa shape index (κ3) is 2.97. The van der Waals surface area contributed by atoms with E-state index in [1.165, 1.54) is 25.1 Å². The van der Waals surface area contributed by atoms with Crippen molar-refractivity contribution in [2.75, 3.05) is 6.61 Å². The number of ether oxygens (including phenoxy) is 1. The standard InChI is InChI=1S/C13H11Cl2NO5S/c1-3-20-12(17)11-7(2)16-21-13(11)22(18,19)8-4-5-9(14)10(15)6-8/h4-6H,3H2,1-2H3. The maximum Gasteiger partial charge on any atom is 0.344 e. The van der Waals surface area contributed by atoms with Gasteiger partial charge in [-0.15, -0.1) is 0 Å². The van der Waals surface area contributed by atoms with Gasteiger partial charge >= 0.3 is 5.97 Å². The highest BCUT2D eigenvalue weighted by molar-refractivity contribution is 7.91. The SMILES string of the molecule is CCOC(=O)c1c(C)noc1S(=O)(=O)c1ccc(Cl)c(Cl)c1. The monoisotopic (exact) mass is 363 g/mol. The van der Waals surface area contributed by atoms with Gasteiger partial charge in [0.25, 0.3) is 5.09 Å². The lowest BCUT2D eigenvalue weighted by Gasteiger charge is -2.05. The quantitative estimate of drug-likeness (QED) is 0.774. The second-order valence-electron chi connectivity index (χ2n) is 4.23. The molecule has 0 spiro atoms. The zero-order valence-electron chi connectivity index (χ0n) is 11.6. The summed E-state index contributed by atoms with van der Waals surface area (Å²) >= 11 is 11.6. The molecule has 0 unspecified atom stereocenters. The number of nitrogens with zero attached hydrogens (tertiary/aromatic N) is 1. The Bertz CT molecular complexity index is 829. The number of carbonyl (C=O) groups excluding carboxylic acids is 1. The Hall–Kier alpha value is -1.57. The normalized spacial score (nSPS) is 11.5. The summed E-state index contributed by atoms with van der Waals surface area (Å²) in [7, 11) is -4.12. The Morgan fingerprint density at radius 2 is 2.00 bits per heavy atom. The first-order chi connectivity index (χ1) is 10.3. The van der Waals surface area contributed by atoms with Crippen molar-refractivity contribution >= 4 is 39.0 Å². The molecule has 6 nitrogen and oxygen atoms in total. The fourth-order valence-electron chi connectivity index (χ4n) is 1.72. The minimum atomic E-state index is -4.12. The van der Waals surface area contributed by atoms with Crippen LogP contribution in [-0.4, -0.2) is 26.2 Å². The molecule has 0 amide bonds. The Morgan fingerprint density at radius 3 is 2.59 bits per heavy atom. The highest BCUT2D eigenvalue weighted by Crippen LogP contribution is 2.31. The van der Waals surface area contributed by atoms with Crippen LogP contribution in [0, 0.1) is 6.92 Å². The number of esters is 1. The molecular formula is C13H11Cl2NO5S. The van der Waals surface area contributed by atoms with Gasteiger partial charge in [0.15, 0.2) is 0 Å².